The lowest BCUT2D eigenvalue weighted by atomic mass is 10.1. The lowest BCUT2D eigenvalue weighted by Gasteiger charge is -2.21. The van der Waals surface area contributed by atoms with E-state index in [-0.39, 0.29) is 5.91 Å². The molecule has 0 aliphatic heterocycles. The van der Waals surface area contributed by atoms with Crippen LogP contribution in [0.3, 0.4) is 0 Å². The number of amides is 1. The molecule has 0 saturated heterocycles. The fourth-order valence-corrected chi connectivity index (χ4v) is 2.68. The molecule has 0 fully saturated rings. The van der Waals surface area contributed by atoms with Crippen LogP contribution in [0.5, 0.6) is 5.75 Å². The van der Waals surface area contributed by atoms with Crippen LogP contribution >= 0.6 is 0 Å². The molecule has 0 saturated carbocycles. The average Bonchev–Trinajstić information content (AvgIpc) is 2.54. The number of ether oxygens (including phenoxy) is 1. The van der Waals surface area contributed by atoms with Crippen molar-refractivity contribution in [3.8, 4) is 5.75 Å². The molecule has 1 N–H and O–H groups in total. The van der Waals surface area contributed by atoms with E-state index in [0.29, 0.717) is 6.54 Å². The van der Waals surface area contributed by atoms with Gasteiger partial charge in [0, 0.05) is 25.8 Å². The number of carbonyl (C=O) groups is 1. The molecule has 4 heteroatoms. The quantitative estimate of drug-likeness (QED) is 0.837. The second-order valence-electron chi connectivity index (χ2n) is 6.63. The number of nitrogens with one attached hydrogen (secondary N) is 1. The van der Waals surface area contributed by atoms with Gasteiger partial charge in [-0.25, -0.2) is 0 Å². The highest BCUT2D eigenvalue weighted by atomic mass is 16.5. The first-order valence-electron chi connectivity index (χ1n) is 8.65. The third-order valence-electron chi connectivity index (χ3n) is 4.10. The van der Waals surface area contributed by atoms with Crippen molar-refractivity contribution in [2.45, 2.75) is 33.8 Å². The maximum atomic E-state index is 12.2. The highest BCUT2D eigenvalue weighted by Gasteiger charge is 2.14. The molecule has 2 aromatic rings. The van der Waals surface area contributed by atoms with Gasteiger partial charge >= 0.3 is 0 Å². The van der Waals surface area contributed by atoms with Gasteiger partial charge in [-0.15, -0.1) is 0 Å². The van der Waals surface area contributed by atoms with Gasteiger partial charge in [0.2, 0.25) is 0 Å². The van der Waals surface area contributed by atoms with E-state index in [1.165, 1.54) is 5.56 Å². The fraction of sp³-hybridized carbons (Fsp3) is 0.381. The van der Waals surface area contributed by atoms with Crippen LogP contribution in [0, 0.1) is 20.8 Å². The van der Waals surface area contributed by atoms with Gasteiger partial charge in [-0.1, -0.05) is 23.8 Å². The summed E-state index contributed by atoms with van der Waals surface area (Å²) < 4.78 is 5.77. The summed E-state index contributed by atoms with van der Waals surface area (Å²) in [6.07, 6.45) is -0.522. The molecule has 4 nitrogen and oxygen atoms in total. The van der Waals surface area contributed by atoms with Crippen molar-refractivity contribution in [2.75, 3.05) is 25.0 Å². The first-order chi connectivity index (χ1) is 11.8. The van der Waals surface area contributed by atoms with Crippen molar-refractivity contribution in [1.29, 1.82) is 0 Å². The zero-order valence-corrected chi connectivity index (χ0v) is 15.8. The van der Waals surface area contributed by atoms with Crippen LogP contribution in [-0.4, -0.2) is 32.1 Å². The molecule has 1 amide bonds. The van der Waals surface area contributed by atoms with E-state index in [1.807, 2.05) is 33.0 Å². The highest BCUT2D eigenvalue weighted by molar-refractivity contribution is 5.80. The molecule has 2 rings (SSSR count). The topological polar surface area (TPSA) is 41.6 Å². The van der Waals surface area contributed by atoms with Crippen LogP contribution in [0.25, 0.3) is 0 Å². The molecule has 2 aromatic carbocycles. The predicted octanol–water partition coefficient (Wildman–Crippen LogP) is 3.63. The molecule has 0 aromatic heterocycles. The second kappa shape index (κ2) is 8.56. The molecule has 134 valence electrons. The summed E-state index contributed by atoms with van der Waals surface area (Å²) in [5.74, 6) is 0.633. The molecule has 0 aliphatic carbocycles. The van der Waals surface area contributed by atoms with E-state index in [4.69, 9.17) is 4.74 Å². The number of benzene rings is 2. The van der Waals surface area contributed by atoms with E-state index in [0.717, 1.165) is 29.1 Å². The van der Waals surface area contributed by atoms with Crippen LogP contribution in [0.1, 0.15) is 23.6 Å². The summed E-state index contributed by atoms with van der Waals surface area (Å²) in [6, 6.07) is 14.3. The highest BCUT2D eigenvalue weighted by Crippen LogP contribution is 2.17. The SMILES string of the molecule is Cc1ccc(N(C)CCNC(=O)C(C)Oc2cc(C)cc(C)c2)cc1. The predicted molar refractivity (Wildman–Crippen MR) is 103 cm³/mol. The first kappa shape index (κ1) is 18.8. The minimum Gasteiger partial charge on any atom is -0.481 e. The van der Waals surface area contributed by atoms with Gasteiger partial charge in [0.1, 0.15) is 5.75 Å². The number of nitrogens with zero attached hydrogens (tertiary/aromatic N) is 1. The number of rotatable bonds is 7. The molecule has 25 heavy (non-hydrogen) atoms. The molecular formula is C21H28N2O2. The van der Waals surface area contributed by atoms with E-state index in [9.17, 15) is 4.79 Å². The standard InChI is InChI=1S/C21H28N2O2/c1-15-6-8-19(9-7-15)23(5)11-10-22-21(24)18(4)25-20-13-16(2)12-17(3)14-20/h6-9,12-14,18H,10-11H2,1-5H3,(H,22,24). The summed E-state index contributed by atoms with van der Waals surface area (Å²) in [7, 11) is 2.02. The van der Waals surface area contributed by atoms with Crippen molar-refractivity contribution >= 4 is 11.6 Å². The second-order valence-corrected chi connectivity index (χ2v) is 6.63. The monoisotopic (exact) mass is 340 g/mol. The van der Waals surface area contributed by atoms with Crippen molar-refractivity contribution in [2.24, 2.45) is 0 Å². The molecule has 0 radical (unpaired) electrons. The van der Waals surface area contributed by atoms with Gasteiger partial charge in [-0.3, -0.25) is 4.79 Å². The molecule has 0 heterocycles. The number of hydrogen-bond acceptors (Lipinski definition) is 3. The van der Waals surface area contributed by atoms with E-state index in [2.05, 4.69) is 47.5 Å². The Labute approximate surface area is 150 Å². The third kappa shape index (κ3) is 5.82. The summed E-state index contributed by atoms with van der Waals surface area (Å²) in [4.78, 5) is 14.3. The number of likely N-dealkylation sites (N-methyl/N-ethyl adjacent to an activating group) is 1. The Hall–Kier alpha value is -2.49. The first-order valence-corrected chi connectivity index (χ1v) is 8.65. The minimum atomic E-state index is -0.522. The van der Waals surface area contributed by atoms with Gasteiger partial charge in [0.15, 0.2) is 6.10 Å². The molecule has 0 aliphatic rings. The van der Waals surface area contributed by atoms with Gasteiger partial charge in [0.25, 0.3) is 5.91 Å². The number of hydrogen-bond donors (Lipinski definition) is 1. The normalized spacial score (nSPS) is 11.7. The maximum Gasteiger partial charge on any atom is 0.260 e. The van der Waals surface area contributed by atoms with Gasteiger partial charge in [-0.05, 0) is 63.1 Å². The smallest absolute Gasteiger partial charge is 0.260 e. The Morgan fingerprint density at radius 2 is 1.64 bits per heavy atom. The van der Waals surface area contributed by atoms with Crippen LogP contribution in [-0.2, 0) is 4.79 Å². The van der Waals surface area contributed by atoms with Crippen molar-refractivity contribution in [3.63, 3.8) is 0 Å². The summed E-state index contributed by atoms with van der Waals surface area (Å²) >= 11 is 0. The molecule has 1 unspecified atom stereocenters. The fourth-order valence-electron chi connectivity index (χ4n) is 2.68. The summed E-state index contributed by atoms with van der Waals surface area (Å²) in [5, 5.41) is 2.94. The molecule has 0 spiro atoms. The summed E-state index contributed by atoms with van der Waals surface area (Å²) in [6.45, 7) is 9.20. The number of carbonyl (C=O) groups excluding carboxylic acids is 1. The lowest BCUT2D eigenvalue weighted by Crippen LogP contribution is -2.40. The maximum absolute atomic E-state index is 12.2. The van der Waals surface area contributed by atoms with Gasteiger partial charge in [0.05, 0.1) is 0 Å². The molecular weight excluding hydrogens is 312 g/mol. The Morgan fingerprint density at radius 1 is 1.04 bits per heavy atom. The Kier molecular flexibility index (Phi) is 6.45. The zero-order valence-electron chi connectivity index (χ0n) is 15.8. The van der Waals surface area contributed by atoms with E-state index >= 15 is 0 Å². The third-order valence-corrected chi connectivity index (χ3v) is 4.10. The van der Waals surface area contributed by atoms with Crippen molar-refractivity contribution in [3.05, 3.63) is 59.2 Å². The van der Waals surface area contributed by atoms with Crippen LogP contribution in [0.15, 0.2) is 42.5 Å². The van der Waals surface area contributed by atoms with Gasteiger partial charge in [-0.2, -0.15) is 0 Å². The number of aryl methyl sites for hydroxylation is 3. The molecule has 0 bridgehead atoms. The zero-order chi connectivity index (χ0) is 18.4. The molecule has 1 atom stereocenters. The van der Waals surface area contributed by atoms with Crippen LogP contribution in [0.4, 0.5) is 5.69 Å². The van der Waals surface area contributed by atoms with Crippen molar-refractivity contribution < 1.29 is 9.53 Å². The average molecular weight is 340 g/mol. The minimum absolute atomic E-state index is 0.100. The number of anilines is 1. The Balaban J connectivity index is 1.80. The van der Waals surface area contributed by atoms with E-state index < -0.39 is 6.10 Å². The Bertz CT molecular complexity index is 690. The summed E-state index contributed by atoms with van der Waals surface area (Å²) in [5.41, 5.74) is 4.63. The largest absolute Gasteiger partial charge is 0.481 e. The van der Waals surface area contributed by atoms with Crippen LogP contribution < -0.4 is 15.0 Å². The van der Waals surface area contributed by atoms with Crippen LogP contribution in [0.2, 0.25) is 0 Å². The van der Waals surface area contributed by atoms with E-state index in [1.54, 1.807) is 6.92 Å². The Morgan fingerprint density at radius 3 is 2.24 bits per heavy atom. The lowest BCUT2D eigenvalue weighted by molar-refractivity contribution is -0.127. The van der Waals surface area contributed by atoms with Crippen molar-refractivity contribution in [1.82, 2.24) is 5.32 Å². The van der Waals surface area contributed by atoms with Gasteiger partial charge < -0.3 is 15.0 Å².